The van der Waals surface area contributed by atoms with Gasteiger partial charge in [0, 0.05) is 29.9 Å². The van der Waals surface area contributed by atoms with Gasteiger partial charge < -0.3 is 30.6 Å². The number of hydrogen-bond donors (Lipinski definition) is 4. The first-order chi connectivity index (χ1) is 19.9. The maximum Gasteiger partial charge on any atom is 0.268 e. The number of nitrogens with zero attached hydrogens (tertiary/aromatic N) is 1. The Morgan fingerprint density at radius 1 is 1.19 bits per heavy atom. The molecule has 1 saturated carbocycles. The quantitative estimate of drug-likeness (QED) is 0.322. The van der Waals surface area contributed by atoms with Gasteiger partial charge in [0.15, 0.2) is 0 Å². The standard InChI is InChI=1S/C32H43N5O5/c1-17(2)12-25(36-29(40)24-14-21-18(3)8-6-10-23(21)35-24)31(42)37-15-22-26(32(22,4)5)27(37)30(41)34-20(16-38)13-19-9-7-11-33-28(19)39/h6,8,10,14,16-17,19-20,22,25-27,35H,7,9,11-13,15H2,1-5H3,(H,33,39)(H,34,41)(H,36,40)/t19-,20-,22-,25-,26-,27-/m0/s1. The minimum atomic E-state index is -0.819. The molecule has 1 aromatic carbocycles. The number of H-pyrrole nitrogens is 1. The summed E-state index contributed by atoms with van der Waals surface area (Å²) in [6.45, 7) is 11.2. The second-order valence-corrected chi connectivity index (χ2v) is 13.4. The molecule has 0 spiro atoms. The Morgan fingerprint density at radius 3 is 2.62 bits per heavy atom. The molecular formula is C32H43N5O5. The summed E-state index contributed by atoms with van der Waals surface area (Å²) in [5.41, 5.74) is 2.16. The van der Waals surface area contributed by atoms with Crippen LogP contribution >= 0.6 is 0 Å². The van der Waals surface area contributed by atoms with Gasteiger partial charge in [-0.1, -0.05) is 39.8 Å². The topological polar surface area (TPSA) is 140 Å². The maximum atomic E-state index is 14.1. The molecule has 5 rings (SSSR count). The lowest BCUT2D eigenvalue weighted by molar-refractivity contribution is -0.142. The number of piperidine rings is 2. The average molecular weight is 578 g/mol. The third-order valence-corrected chi connectivity index (χ3v) is 9.63. The van der Waals surface area contributed by atoms with Crippen molar-refractivity contribution < 1.29 is 24.0 Å². The van der Waals surface area contributed by atoms with Gasteiger partial charge in [0.1, 0.15) is 24.1 Å². The first-order valence-electron chi connectivity index (χ1n) is 15.2. The molecule has 3 heterocycles. The fourth-order valence-electron chi connectivity index (χ4n) is 7.15. The van der Waals surface area contributed by atoms with Crippen LogP contribution in [-0.2, 0) is 19.2 Å². The Morgan fingerprint density at radius 2 is 1.95 bits per heavy atom. The molecule has 3 fully saturated rings. The minimum Gasteiger partial charge on any atom is -0.356 e. The van der Waals surface area contributed by atoms with Crippen molar-refractivity contribution in [1.29, 1.82) is 0 Å². The smallest absolute Gasteiger partial charge is 0.268 e. The summed E-state index contributed by atoms with van der Waals surface area (Å²) >= 11 is 0. The van der Waals surface area contributed by atoms with Gasteiger partial charge in [-0.05, 0) is 73.5 Å². The first kappa shape index (κ1) is 29.8. The Hall–Kier alpha value is -3.69. The zero-order valence-corrected chi connectivity index (χ0v) is 25.2. The molecule has 42 heavy (non-hydrogen) atoms. The van der Waals surface area contributed by atoms with Crippen LogP contribution in [0, 0.1) is 36.0 Å². The van der Waals surface area contributed by atoms with E-state index in [-0.39, 0.29) is 59.1 Å². The van der Waals surface area contributed by atoms with Gasteiger partial charge in [0.25, 0.3) is 5.91 Å². The second kappa shape index (κ2) is 11.5. The number of rotatable bonds is 10. The Labute approximate surface area is 246 Å². The average Bonchev–Trinajstić information content (AvgIpc) is 3.32. The van der Waals surface area contributed by atoms with Crippen LogP contribution in [0.4, 0.5) is 0 Å². The number of nitrogens with one attached hydrogen (secondary N) is 4. The number of amides is 4. The molecule has 1 aromatic heterocycles. The molecule has 0 radical (unpaired) electrons. The van der Waals surface area contributed by atoms with Gasteiger partial charge in [0.2, 0.25) is 17.7 Å². The van der Waals surface area contributed by atoms with E-state index >= 15 is 0 Å². The molecule has 3 aliphatic rings. The molecular weight excluding hydrogens is 534 g/mol. The van der Waals surface area contributed by atoms with Gasteiger partial charge in [0.05, 0.1) is 6.04 Å². The Bertz CT molecular complexity index is 1400. The summed E-state index contributed by atoms with van der Waals surface area (Å²) in [4.78, 5) is 70.2. The van der Waals surface area contributed by atoms with Gasteiger partial charge in [-0.25, -0.2) is 0 Å². The molecule has 6 atom stereocenters. The number of aryl methyl sites for hydroxylation is 1. The summed E-state index contributed by atoms with van der Waals surface area (Å²) in [7, 11) is 0. The van der Waals surface area contributed by atoms with Crippen molar-refractivity contribution in [2.24, 2.45) is 29.1 Å². The van der Waals surface area contributed by atoms with Crippen molar-refractivity contribution in [3.8, 4) is 0 Å². The van der Waals surface area contributed by atoms with E-state index in [1.165, 1.54) is 0 Å². The number of aldehydes is 1. The fourth-order valence-corrected chi connectivity index (χ4v) is 7.15. The van der Waals surface area contributed by atoms with E-state index in [1.54, 1.807) is 11.0 Å². The SMILES string of the molecule is Cc1cccc2[nH]c(C(=O)N[C@@H](CC(C)C)C(=O)N3C[C@H]4[C@@H]([C@H]3C(=O)N[C@H](C=O)C[C@@H]3CCCNC3=O)C4(C)C)cc12. The molecule has 10 heteroatoms. The number of benzene rings is 1. The van der Waals surface area contributed by atoms with Crippen molar-refractivity contribution in [3.63, 3.8) is 0 Å². The van der Waals surface area contributed by atoms with E-state index in [9.17, 15) is 24.0 Å². The van der Waals surface area contributed by atoms with Crippen molar-refractivity contribution >= 4 is 40.8 Å². The number of hydrogen-bond acceptors (Lipinski definition) is 5. The molecule has 4 N–H and O–H groups in total. The van der Waals surface area contributed by atoms with Crippen LogP contribution in [0.25, 0.3) is 10.9 Å². The van der Waals surface area contributed by atoms with Gasteiger partial charge in [-0.15, -0.1) is 0 Å². The normalized spacial score (nSPS) is 25.9. The highest BCUT2D eigenvalue weighted by molar-refractivity contribution is 6.01. The van der Waals surface area contributed by atoms with Crippen molar-refractivity contribution in [3.05, 3.63) is 35.5 Å². The first-order valence-corrected chi connectivity index (χ1v) is 15.2. The Balaban J connectivity index is 1.33. The highest BCUT2D eigenvalue weighted by atomic mass is 16.2. The molecule has 0 unspecified atom stereocenters. The van der Waals surface area contributed by atoms with E-state index in [0.717, 1.165) is 22.9 Å². The van der Waals surface area contributed by atoms with E-state index in [2.05, 4.69) is 34.8 Å². The molecule has 0 bridgehead atoms. The van der Waals surface area contributed by atoms with Crippen LogP contribution < -0.4 is 16.0 Å². The molecule has 226 valence electrons. The lowest BCUT2D eigenvalue weighted by Crippen LogP contribution is -2.57. The molecule has 10 nitrogen and oxygen atoms in total. The highest BCUT2D eigenvalue weighted by Gasteiger charge is 2.69. The predicted octanol–water partition coefficient (Wildman–Crippen LogP) is 2.70. The third kappa shape index (κ3) is 5.68. The van der Waals surface area contributed by atoms with Crippen LogP contribution in [-0.4, -0.2) is 71.0 Å². The highest BCUT2D eigenvalue weighted by Crippen LogP contribution is 2.65. The lowest BCUT2D eigenvalue weighted by atomic mass is 9.91. The summed E-state index contributed by atoms with van der Waals surface area (Å²) < 4.78 is 0. The van der Waals surface area contributed by atoms with E-state index in [4.69, 9.17) is 0 Å². The van der Waals surface area contributed by atoms with Gasteiger partial charge in [-0.2, -0.15) is 0 Å². The Kier molecular flexibility index (Phi) is 8.18. The van der Waals surface area contributed by atoms with Crippen LogP contribution in [0.15, 0.2) is 24.3 Å². The van der Waals surface area contributed by atoms with Gasteiger partial charge >= 0.3 is 0 Å². The van der Waals surface area contributed by atoms with Crippen molar-refractivity contribution in [2.45, 2.75) is 78.4 Å². The summed E-state index contributed by atoms with van der Waals surface area (Å²) in [5.74, 6) is -1.24. The molecule has 2 saturated heterocycles. The largest absolute Gasteiger partial charge is 0.356 e. The number of likely N-dealkylation sites (tertiary alicyclic amines) is 1. The number of aromatic amines is 1. The number of fused-ring (bicyclic) bond motifs is 2. The van der Waals surface area contributed by atoms with Crippen molar-refractivity contribution in [1.82, 2.24) is 25.8 Å². The van der Waals surface area contributed by atoms with Crippen molar-refractivity contribution in [2.75, 3.05) is 13.1 Å². The fraction of sp³-hybridized carbons (Fsp3) is 0.594. The predicted molar refractivity (Wildman–Crippen MR) is 158 cm³/mol. The lowest BCUT2D eigenvalue weighted by Gasteiger charge is -2.34. The second-order valence-electron chi connectivity index (χ2n) is 13.4. The third-order valence-electron chi connectivity index (χ3n) is 9.63. The number of carbonyl (C=O) groups is 5. The number of aromatic nitrogens is 1. The maximum absolute atomic E-state index is 14.1. The molecule has 1 aliphatic carbocycles. The number of carbonyl (C=O) groups excluding carboxylic acids is 5. The molecule has 2 aliphatic heterocycles. The van der Waals surface area contributed by atoms with E-state index in [0.29, 0.717) is 37.9 Å². The molecule has 4 amide bonds. The zero-order valence-electron chi connectivity index (χ0n) is 25.2. The summed E-state index contributed by atoms with van der Waals surface area (Å²) in [6, 6.07) is 5.23. The van der Waals surface area contributed by atoms with Crippen LogP contribution in [0.2, 0.25) is 0 Å². The monoisotopic (exact) mass is 577 g/mol. The van der Waals surface area contributed by atoms with E-state index < -0.39 is 18.1 Å². The van der Waals surface area contributed by atoms with Crippen LogP contribution in [0.5, 0.6) is 0 Å². The minimum absolute atomic E-state index is 0.0428. The zero-order chi connectivity index (χ0) is 30.3. The van der Waals surface area contributed by atoms with Gasteiger partial charge in [-0.3, -0.25) is 19.2 Å². The molecule has 2 aromatic rings. The van der Waals surface area contributed by atoms with Crippen LogP contribution in [0.3, 0.4) is 0 Å². The van der Waals surface area contributed by atoms with E-state index in [1.807, 2.05) is 39.0 Å². The summed E-state index contributed by atoms with van der Waals surface area (Å²) in [6.07, 6.45) is 2.83. The summed E-state index contributed by atoms with van der Waals surface area (Å²) in [5, 5.41) is 9.57. The van der Waals surface area contributed by atoms with Crippen LogP contribution in [0.1, 0.15) is 69.4 Å².